The maximum Gasteiger partial charge on any atom is 0.230 e. The van der Waals surface area contributed by atoms with Crippen molar-refractivity contribution < 1.29 is 15.1 Å². The topological polar surface area (TPSA) is 73.1 Å². The minimum absolute atomic E-state index is 0.174. The van der Waals surface area contributed by atoms with Crippen molar-refractivity contribution in [2.45, 2.75) is 25.1 Å². The van der Waals surface area contributed by atoms with E-state index in [9.17, 15) is 15.1 Å². The van der Waals surface area contributed by atoms with Crippen molar-refractivity contribution >= 4 is 11.6 Å². The van der Waals surface area contributed by atoms with Crippen LogP contribution in [0.3, 0.4) is 0 Å². The lowest BCUT2D eigenvalue weighted by molar-refractivity contribution is -0.233. The molecule has 0 spiro atoms. The van der Waals surface area contributed by atoms with Gasteiger partial charge >= 0.3 is 0 Å². The summed E-state index contributed by atoms with van der Waals surface area (Å²) in [5.41, 5.74) is -2.04. The van der Waals surface area contributed by atoms with Crippen molar-refractivity contribution in [1.29, 1.82) is 0 Å². The van der Waals surface area contributed by atoms with Crippen LogP contribution in [0.4, 0.5) is 0 Å². The summed E-state index contributed by atoms with van der Waals surface area (Å²) in [4.78, 5) is 16.9. The summed E-state index contributed by atoms with van der Waals surface area (Å²) in [5, 5.41) is 22.3. The second-order valence-corrected chi connectivity index (χ2v) is 6.04. The smallest absolute Gasteiger partial charge is 0.230 e. The van der Waals surface area contributed by atoms with Crippen LogP contribution < -0.4 is 0 Å². The zero-order valence-electron chi connectivity index (χ0n) is 13.0. The molecule has 0 saturated carbocycles. The predicted octanol–water partition coefficient (Wildman–Crippen LogP) is 2.60. The maximum atomic E-state index is 12.6. The van der Waals surface area contributed by atoms with Gasteiger partial charge in [-0.2, -0.15) is 5.06 Å². The van der Waals surface area contributed by atoms with Crippen molar-refractivity contribution in [3.05, 3.63) is 71.8 Å². The quantitative estimate of drug-likeness (QED) is 0.855. The Kier molecular flexibility index (Phi) is 3.55. The van der Waals surface area contributed by atoms with Crippen LogP contribution in [0, 0.1) is 0 Å². The Labute approximate surface area is 134 Å². The van der Waals surface area contributed by atoms with Gasteiger partial charge in [0, 0.05) is 11.1 Å². The molecule has 0 aliphatic carbocycles. The first-order chi connectivity index (χ1) is 10.9. The van der Waals surface area contributed by atoms with Gasteiger partial charge in [-0.3, -0.25) is 15.0 Å². The predicted molar refractivity (Wildman–Crippen MR) is 86.3 cm³/mol. The lowest BCUT2D eigenvalue weighted by atomic mass is 9.86. The van der Waals surface area contributed by atoms with Crippen LogP contribution in [0.15, 0.2) is 65.7 Å². The number of hydroxylamine groups is 2. The minimum Gasteiger partial charge on any atom is -0.363 e. The average Bonchev–Trinajstić information content (AvgIpc) is 2.77. The van der Waals surface area contributed by atoms with E-state index >= 15 is 0 Å². The molecule has 0 fully saturated rings. The monoisotopic (exact) mass is 310 g/mol. The summed E-state index contributed by atoms with van der Waals surface area (Å²) >= 11 is 0. The third-order valence-corrected chi connectivity index (χ3v) is 4.16. The second-order valence-electron chi connectivity index (χ2n) is 6.04. The van der Waals surface area contributed by atoms with Gasteiger partial charge in [0.05, 0.1) is 0 Å². The highest BCUT2D eigenvalue weighted by Gasteiger charge is 2.57. The van der Waals surface area contributed by atoms with E-state index in [4.69, 9.17) is 0 Å². The molecule has 1 heterocycles. The molecule has 1 aliphatic rings. The number of amidine groups is 1. The molecule has 2 N–H and O–H groups in total. The summed E-state index contributed by atoms with van der Waals surface area (Å²) in [7, 11) is 0. The number of rotatable bonds is 3. The first-order valence-electron chi connectivity index (χ1n) is 7.34. The van der Waals surface area contributed by atoms with E-state index in [1.165, 1.54) is 0 Å². The van der Waals surface area contributed by atoms with E-state index in [0.717, 1.165) is 0 Å². The first-order valence-corrected chi connectivity index (χ1v) is 7.34. The van der Waals surface area contributed by atoms with Gasteiger partial charge in [0.15, 0.2) is 0 Å². The van der Waals surface area contributed by atoms with Gasteiger partial charge in [0.25, 0.3) is 0 Å². The number of ketones is 1. The molecule has 5 heteroatoms. The van der Waals surface area contributed by atoms with Gasteiger partial charge in [0.1, 0.15) is 5.54 Å². The Morgan fingerprint density at radius 3 is 2.09 bits per heavy atom. The Morgan fingerprint density at radius 2 is 1.52 bits per heavy atom. The number of hydrogen-bond donors (Lipinski definition) is 2. The molecule has 3 rings (SSSR count). The molecule has 1 aliphatic heterocycles. The van der Waals surface area contributed by atoms with Gasteiger partial charge in [-0.15, -0.1) is 0 Å². The number of Topliss-reactive ketones (excluding diaryl/α,β-unsaturated/α-hetero) is 1. The van der Waals surface area contributed by atoms with Crippen LogP contribution in [0.5, 0.6) is 0 Å². The van der Waals surface area contributed by atoms with E-state index in [-0.39, 0.29) is 5.84 Å². The molecule has 5 nitrogen and oxygen atoms in total. The van der Waals surface area contributed by atoms with Gasteiger partial charge in [-0.25, -0.2) is 0 Å². The first kappa shape index (κ1) is 15.4. The Bertz CT molecular complexity index is 756. The van der Waals surface area contributed by atoms with Crippen LogP contribution in [-0.2, 0) is 5.72 Å². The number of benzene rings is 2. The fourth-order valence-corrected chi connectivity index (χ4v) is 2.81. The highest BCUT2D eigenvalue weighted by Crippen LogP contribution is 2.43. The van der Waals surface area contributed by atoms with Crippen LogP contribution in [0.1, 0.15) is 29.8 Å². The van der Waals surface area contributed by atoms with Crippen LogP contribution in [0.2, 0.25) is 0 Å². The summed E-state index contributed by atoms with van der Waals surface area (Å²) in [5.74, 6) is -0.611. The fourth-order valence-electron chi connectivity index (χ4n) is 2.81. The summed E-state index contributed by atoms with van der Waals surface area (Å²) in [6.07, 6.45) is 0. The van der Waals surface area contributed by atoms with Crippen LogP contribution in [0.25, 0.3) is 0 Å². The summed E-state index contributed by atoms with van der Waals surface area (Å²) < 4.78 is 0. The molecule has 0 bridgehead atoms. The lowest BCUT2D eigenvalue weighted by Crippen LogP contribution is -2.54. The number of aliphatic imine (C=N–C) groups is 1. The lowest BCUT2D eigenvalue weighted by Gasteiger charge is -2.38. The van der Waals surface area contributed by atoms with E-state index in [1.807, 2.05) is 6.07 Å². The van der Waals surface area contributed by atoms with Gasteiger partial charge in [0.2, 0.25) is 17.3 Å². The number of carbonyl (C=O) groups excluding carboxylic acids is 1. The summed E-state index contributed by atoms with van der Waals surface area (Å²) in [6.45, 7) is 3.35. The van der Waals surface area contributed by atoms with E-state index in [1.54, 1.807) is 68.4 Å². The largest absolute Gasteiger partial charge is 0.363 e. The SMILES string of the molecule is CC1(C)N=C(C(=O)c2ccccc2)N(O)[C@@]1(O)c1ccccc1. The molecule has 0 saturated heterocycles. The molecule has 0 amide bonds. The minimum atomic E-state index is -1.81. The molecule has 23 heavy (non-hydrogen) atoms. The van der Waals surface area contributed by atoms with Crippen molar-refractivity contribution in [3.63, 3.8) is 0 Å². The molecule has 0 aromatic heterocycles. The van der Waals surface area contributed by atoms with Gasteiger partial charge in [-0.1, -0.05) is 60.7 Å². The van der Waals surface area contributed by atoms with Crippen molar-refractivity contribution in [1.82, 2.24) is 5.06 Å². The third-order valence-electron chi connectivity index (χ3n) is 4.16. The molecular formula is C18H18N2O3. The zero-order chi connectivity index (χ0) is 16.7. The number of hydrogen-bond acceptors (Lipinski definition) is 5. The number of carbonyl (C=O) groups is 1. The molecule has 2 aromatic carbocycles. The van der Waals surface area contributed by atoms with Crippen molar-refractivity contribution in [3.8, 4) is 0 Å². The standard InChI is InChI=1S/C18H18N2O3/c1-17(2)18(22,14-11-7-4-8-12-14)20(23)16(19-17)15(21)13-9-5-3-6-10-13/h3-12,22-23H,1-2H3/t18-/m1/s1. The fraction of sp³-hybridized carbons (Fsp3) is 0.222. The van der Waals surface area contributed by atoms with Crippen molar-refractivity contribution in [2.75, 3.05) is 0 Å². The Hall–Kier alpha value is -2.50. The molecule has 0 unspecified atom stereocenters. The van der Waals surface area contributed by atoms with E-state index in [0.29, 0.717) is 16.2 Å². The average molecular weight is 310 g/mol. The Balaban J connectivity index is 2.05. The van der Waals surface area contributed by atoms with E-state index in [2.05, 4.69) is 4.99 Å². The number of nitrogens with zero attached hydrogens (tertiary/aromatic N) is 2. The molecule has 1 atom stereocenters. The van der Waals surface area contributed by atoms with Gasteiger partial charge in [-0.05, 0) is 13.8 Å². The Morgan fingerprint density at radius 1 is 1.00 bits per heavy atom. The highest BCUT2D eigenvalue weighted by atomic mass is 16.6. The maximum absolute atomic E-state index is 12.6. The molecule has 2 aromatic rings. The van der Waals surface area contributed by atoms with Gasteiger partial charge < -0.3 is 5.11 Å². The highest BCUT2D eigenvalue weighted by molar-refractivity contribution is 6.45. The van der Waals surface area contributed by atoms with Crippen molar-refractivity contribution in [2.24, 2.45) is 4.99 Å². The normalized spacial score (nSPS) is 22.8. The van der Waals surface area contributed by atoms with E-state index < -0.39 is 17.0 Å². The second kappa shape index (κ2) is 5.30. The summed E-state index contributed by atoms with van der Waals surface area (Å²) in [6, 6.07) is 17.3. The number of aliphatic hydroxyl groups is 1. The molecule has 0 radical (unpaired) electrons. The molecular weight excluding hydrogens is 292 g/mol. The van der Waals surface area contributed by atoms with Crippen LogP contribution in [-0.4, -0.2) is 32.5 Å². The molecule has 118 valence electrons. The van der Waals surface area contributed by atoms with Crippen LogP contribution >= 0.6 is 0 Å². The zero-order valence-corrected chi connectivity index (χ0v) is 13.0. The third kappa shape index (κ3) is 2.25.